The number of azide groups is 1. The zero-order valence-electron chi connectivity index (χ0n) is 10.3. The van der Waals surface area contributed by atoms with Gasteiger partial charge in [-0.3, -0.25) is 4.79 Å². The number of halogens is 2. The van der Waals surface area contributed by atoms with E-state index in [2.05, 4.69) is 15.3 Å². The summed E-state index contributed by atoms with van der Waals surface area (Å²) in [6.07, 6.45) is 1.32. The maximum absolute atomic E-state index is 13.4. The van der Waals surface area contributed by atoms with Gasteiger partial charge in [0, 0.05) is 28.6 Å². The summed E-state index contributed by atoms with van der Waals surface area (Å²) in [6.45, 7) is 0.872. The summed E-state index contributed by atoms with van der Waals surface area (Å²) in [4.78, 5) is 14.2. The topological polar surface area (TPSA) is 77.9 Å². The van der Waals surface area contributed by atoms with Crippen LogP contribution in [0.4, 0.5) is 4.39 Å². The first-order valence-electron chi connectivity index (χ1n) is 5.85. The third kappa shape index (κ3) is 5.59. The van der Waals surface area contributed by atoms with E-state index in [0.717, 1.165) is 0 Å². The van der Waals surface area contributed by atoms with Gasteiger partial charge in [-0.15, -0.1) is 0 Å². The van der Waals surface area contributed by atoms with E-state index in [1.165, 1.54) is 12.1 Å². The van der Waals surface area contributed by atoms with Crippen molar-refractivity contribution in [2.24, 2.45) is 5.11 Å². The Balaban J connectivity index is 2.33. The highest BCUT2D eigenvalue weighted by atomic mass is 35.5. The van der Waals surface area contributed by atoms with Gasteiger partial charge in [0.1, 0.15) is 5.82 Å². The molecule has 5 nitrogen and oxygen atoms in total. The Morgan fingerprint density at radius 2 is 2.26 bits per heavy atom. The van der Waals surface area contributed by atoms with E-state index >= 15 is 0 Å². The number of nitrogens with zero attached hydrogens (tertiary/aromatic N) is 3. The van der Waals surface area contributed by atoms with Crippen LogP contribution in [0, 0.1) is 5.82 Å². The van der Waals surface area contributed by atoms with Gasteiger partial charge < -0.3 is 5.32 Å². The van der Waals surface area contributed by atoms with Gasteiger partial charge in [-0.05, 0) is 30.5 Å². The van der Waals surface area contributed by atoms with Crippen molar-refractivity contribution in [3.63, 3.8) is 0 Å². The Kier molecular flexibility index (Phi) is 6.71. The van der Waals surface area contributed by atoms with Crippen LogP contribution in [0.3, 0.4) is 0 Å². The number of hydrogen-bond acceptors (Lipinski definition) is 2. The quantitative estimate of drug-likeness (QED) is 0.355. The zero-order chi connectivity index (χ0) is 14.1. The van der Waals surface area contributed by atoms with Crippen LogP contribution in [-0.4, -0.2) is 19.0 Å². The third-order valence-electron chi connectivity index (χ3n) is 2.47. The number of hydrogen-bond donors (Lipinski definition) is 1. The van der Waals surface area contributed by atoms with Gasteiger partial charge >= 0.3 is 0 Å². The van der Waals surface area contributed by atoms with Crippen LogP contribution in [0.25, 0.3) is 10.4 Å². The number of amides is 1. The molecule has 102 valence electrons. The van der Waals surface area contributed by atoms with Gasteiger partial charge in [0.2, 0.25) is 5.91 Å². The Hall–Kier alpha value is -1.78. The molecule has 1 aromatic carbocycles. The molecule has 1 N–H and O–H groups in total. The smallest absolute Gasteiger partial charge is 0.224 e. The molecule has 0 saturated heterocycles. The molecule has 0 spiro atoms. The van der Waals surface area contributed by atoms with Crippen molar-refractivity contribution in [3.05, 3.63) is 45.0 Å². The number of nitrogens with one attached hydrogen (secondary N) is 1. The summed E-state index contributed by atoms with van der Waals surface area (Å²) in [6, 6.07) is 4.32. The third-order valence-corrected chi connectivity index (χ3v) is 2.82. The van der Waals surface area contributed by atoms with Crippen molar-refractivity contribution in [2.75, 3.05) is 13.1 Å². The fraction of sp³-hybridized carbons (Fsp3) is 0.417. The minimum Gasteiger partial charge on any atom is -0.356 e. The summed E-state index contributed by atoms with van der Waals surface area (Å²) in [5.41, 5.74) is 8.27. The molecule has 0 aliphatic rings. The van der Waals surface area contributed by atoms with Gasteiger partial charge in [0.05, 0.1) is 6.42 Å². The van der Waals surface area contributed by atoms with Crippen molar-refractivity contribution in [1.29, 1.82) is 0 Å². The fourth-order valence-electron chi connectivity index (χ4n) is 1.50. The molecule has 0 aliphatic heterocycles. The fourth-order valence-corrected chi connectivity index (χ4v) is 1.73. The highest BCUT2D eigenvalue weighted by Crippen LogP contribution is 2.19. The van der Waals surface area contributed by atoms with Crippen molar-refractivity contribution >= 4 is 17.5 Å². The van der Waals surface area contributed by atoms with E-state index in [-0.39, 0.29) is 22.9 Å². The first-order chi connectivity index (χ1) is 9.15. The first-order valence-corrected chi connectivity index (χ1v) is 6.23. The van der Waals surface area contributed by atoms with Crippen molar-refractivity contribution < 1.29 is 9.18 Å². The summed E-state index contributed by atoms with van der Waals surface area (Å²) in [7, 11) is 0. The molecule has 0 saturated carbocycles. The number of benzene rings is 1. The van der Waals surface area contributed by atoms with E-state index in [1.54, 1.807) is 6.07 Å². The molecule has 0 aromatic heterocycles. The largest absolute Gasteiger partial charge is 0.356 e. The Bertz CT molecular complexity index is 468. The summed E-state index contributed by atoms with van der Waals surface area (Å²) in [5.74, 6) is -0.762. The van der Waals surface area contributed by atoms with E-state index in [9.17, 15) is 9.18 Å². The highest BCUT2D eigenvalue weighted by Gasteiger charge is 2.11. The van der Waals surface area contributed by atoms with Gasteiger partial charge in [-0.1, -0.05) is 22.8 Å². The van der Waals surface area contributed by atoms with Gasteiger partial charge in [0.15, 0.2) is 0 Å². The summed E-state index contributed by atoms with van der Waals surface area (Å²) < 4.78 is 13.4. The van der Waals surface area contributed by atoms with Gasteiger partial charge in [-0.25, -0.2) is 4.39 Å². The molecule has 19 heavy (non-hydrogen) atoms. The average Bonchev–Trinajstić information content (AvgIpc) is 2.38. The number of carbonyl (C=O) groups is 1. The lowest BCUT2D eigenvalue weighted by atomic mass is 10.1. The minimum atomic E-state index is -0.481. The Morgan fingerprint density at radius 1 is 1.47 bits per heavy atom. The van der Waals surface area contributed by atoms with Crippen LogP contribution < -0.4 is 5.32 Å². The Labute approximate surface area is 115 Å². The lowest BCUT2D eigenvalue weighted by Crippen LogP contribution is -2.26. The number of rotatable bonds is 7. The molecule has 0 radical (unpaired) electrons. The molecule has 1 amide bonds. The van der Waals surface area contributed by atoms with Crippen molar-refractivity contribution in [2.45, 2.75) is 19.3 Å². The predicted octanol–water partition coefficient (Wildman–Crippen LogP) is 3.23. The van der Waals surface area contributed by atoms with Crippen LogP contribution in [0.1, 0.15) is 18.4 Å². The lowest BCUT2D eigenvalue weighted by molar-refractivity contribution is -0.120. The van der Waals surface area contributed by atoms with Gasteiger partial charge in [-0.2, -0.15) is 0 Å². The Morgan fingerprint density at radius 3 is 2.95 bits per heavy atom. The summed E-state index contributed by atoms with van der Waals surface area (Å²) in [5, 5.41) is 6.29. The molecule has 7 heteroatoms. The van der Waals surface area contributed by atoms with Crippen LogP contribution in [0.15, 0.2) is 23.3 Å². The predicted molar refractivity (Wildman–Crippen MR) is 71.4 cm³/mol. The highest BCUT2D eigenvalue weighted by molar-refractivity contribution is 6.31. The second kappa shape index (κ2) is 8.34. The second-order valence-corrected chi connectivity index (χ2v) is 4.30. The molecule has 1 rings (SSSR count). The standard InChI is InChI=1S/C12H14ClFN4O/c13-10-4-3-5-11(14)9(10)8-12(19)16-6-1-2-7-17-18-15/h3-5H,1-2,6-8H2,(H,16,19). The van der Waals surface area contributed by atoms with Crippen molar-refractivity contribution in [1.82, 2.24) is 5.32 Å². The molecular weight excluding hydrogens is 271 g/mol. The van der Waals surface area contributed by atoms with E-state index < -0.39 is 5.82 Å². The van der Waals surface area contributed by atoms with Gasteiger partial charge in [0.25, 0.3) is 0 Å². The van der Waals surface area contributed by atoms with Crippen LogP contribution in [0.5, 0.6) is 0 Å². The summed E-state index contributed by atoms with van der Waals surface area (Å²) >= 11 is 5.83. The molecular formula is C12H14ClFN4O. The van der Waals surface area contributed by atoms with E-state index in [0.29, 0.717) is 25.9 Å². The van der Waals surface area contributed by atoms with Crippen LogP contribution in [-0.2, 0) is 11.2 Å². The molecule has 0 atom stereocenters. The van der Waals surface area contributed by atoms with E-state index in [4.69, 9.17) is 17.1 Å². The SMILES string of the molecule is [N-]=[N+]=NCCCCNC(=O)Cc1c(F)cccc1Cl. The monoisotopic (exact) mass is 284 g/mol. The maximum Gasteiger partial charge on any atom is 0.224 e. The maximum atomic E-state index is 13.4. The lowest BCUT2D eigenvalue weighted by Gasteiger charge is -2.07. The molecule has 1 aromatic rings. The molecule has 0 bridgehead atoms. The molecule has 0 heterocycles. The molecule has 0 unspecified atom stereocenters. The number of unbranched alkanes of at least 4 members (excludes halogenated alkanes) is 1. The average molecular weight is 285 g/mol. The molecule has 0 aliphatic carbocycles. The zero-order valence-corrected chi connectivity index (χ0v) is 11.0. The minimum absolute atomic E-state index is 0.0815. The van der Waals surface area contributed by atoms with Crippen LogP contribution in [0.2, 0.25) is 5.02 Å². The van der Waals surface area contributed by atoms with Crippen LogP contribution >= 0.6 is 11.6 Å². The van der Waals surface area contributed by atoms with E-state index in [1.807, 2.05) is 0 Å². The normalized spacial score (nSPS) is 9.79. The first kappa shape index (κ1) is 15.3. The van der Waals surface area contributed by atoms with Crippen molar-refractivity contribution in [3.8, 4) is 0 Å². The molecule has 0 fully saturated rings. The second-order valence-electron chi connectivity index (χ2n) is 3.89. The number of carbonyl (C=O) groups excluding carboxylic acids is 1.